The smallest absolute Gasteiger partial charge is 0.236 e. The van der Waals surface area contributed by atoms with Gasteiger partial charge in [0, 0.05) is 21.8 Å². The van der Waals surface area contributed by atoms with Gasteiger partial charge in [-0.15, -0.1) is 5.10 Å². The van der Waals surface area contributed by atoms with Gasteiger partial charge in [-0.05, 0) is 23.8 Å². The lowest BCUT2D eigenvalue weighted by atomic mass is 9.88. The third kappa shape index (κ3) is 3.80. The summed E-state index contributed by atoms with van der Waals surface area (Å²) in [7, 11) is 0. The second-order valence-electron chi connectivity index (χ2n) is 7.48. The van der Waals surface area contributed by atoms with Gasteiger partial charge in [-0.25, -0.2) is 9.67 Å². The predicted octanol–water partition coefficient (Wildman–Crippen LogP) is 4.31. The topological polar surface area (TPSA) is 86.0 Å². The molecule has 32 heavy (non-hydrogen) atoms. The number of H-pyrrole nitrogens is 1. The number of halogens is 1. The minimum absolute atomic E-state index is 0.186. The highest BCUT2D eigenvalue weighted by atomic mass is 79.9. The van der Waals surface area contributed by atoms with Crippen molar-refractivity contribution >= 4 is 33.5 Å². The maximum Gasteiger partial charge on any atom is 0.236 e. The highest BCUT2D eigenvalue weighted by molar-refractivity contribution is 9.10. The summed E-state index contributed by atoms with van der Waals surface area (Å²) >= 11 is 3.55. The number of aromatic amines is 1. The van der Waals surface area contributed by atoms with Gasteiger partial charge in [-0.3, -0.25) is 4.79 Å². The Bertz CT molecular complexity index is 1290. The molecule has 8 heteroatoms. The molecular formula is C24H20BrN6O+. The van der Waals surface area contributed by atoms with Crippen molar-refractivity contribution in [3.05, 3.63) is 101 Å². The minimum atomic E-state index is -0.609. The number of aromatic nitrogens is 4. The molecule has 0 bridgehead atoms. The number of nitrogens with zero attached hydrogens (tertiary/aromatic N) is 3. The van der Waals surface area contributed by atoms with E-state index < -0.39 is 12.0 Å². The average Bonchev–Trinajstić information content (AvgIpc) is 3.23. The summed E-state index contributed by atoms with van der Waals surface area (Å²) in [4.78, 5) is 21.1. The molecule has 0 saturated heterocycles. The Hall–Kier alpha value is -3.78. The van der Waals surface area contributed by atoms with Crippen LogP contribution >= 0.6 is 15.9 Å². The second-order valence-corrected chi connectivity index (χ2v) is 8.39. The van der Waals surface area contributed by atoms with E-state index in [-0.39, 0.29) is 5.91 Å². The Balaban J connectivity index is 1.60. The molecule has 3 N–H and O–H groups in total. The van der Waals surface area contributed by atoms with Crippen LogP contribution in [-0.4, -0.2) is 20.7 Å². The number of anilines is 2. The number of carbonyl (C=O) groups excluding carboxylic acids is 1. The van der Waals surface area contributed by atoms with Gasteiger partial charge < -0.3 is 10.6 Å². The molecule has 1 aliphatic rings. The Labute approximate surface area is 193 Å². The summed E-state index contributed by atoms with van der Waals surface area (Å²) in [5.41, 5.74) is 3.06. The number of rotatable bonds is 4. The van der Waals surface area contributed by atoms with Gasteiger partial charge in [0.15, 0.2) is 18.2 Å². The van der Waals surface area contributed by atoms with Crippen LogP contribution in [0.2, 0.25) is 0 Å². The van der Waals surface area contributed by atoms with E-state index in [1.54, 1.807) is 17.1 Å². The normalized spacial score (nSPS) is 17.3. The number of fused-ring (bicyclic) bond motifs is 1. The van der Waals surface area contributed by atoms with Crippen molar-refractivity contribution in [1.82, 2.24) is 14.8 Å². The van der Waals surface area contributed by atoms with Gasteiger partial charge in [0.25, 0.3) is 0 Å². The molecule has 3 heterocycles. The van der Waals surface area contributed by atoms with Crippen LogP contribution in [0.3, 0.4) is 0 Å². The maximum atomic E-state index is 13.4. The van der Waals surface area contributed by atoms with E-state index >= 15 is 0 Å². The van der Waals surface area contributed by atoms with Crippen LogP contribution < -0.4 is 15.6 Å². The molecule has 2 atom stereocenters. The van der Waals surface area contributed by atoms with Crippen LogP contribution in [0, 0.1) is 5.92 Å². The number of hydrogen-bond acceptors (Lipinski definition) is 4. The number of pyridine rings is 1. The van der Waals surface area contributed by atoms with E-state index in [2.05, 4.69) is 43.1 Å². The summed E-state index contributed by atoms with van der Waals surface area (Å²) in [6.45, 7) is 4.16. The number of amides is 1. The molecule has 0 spiro atoms. The molecule has 0 aliphatic carbocycles. The number of carbonyl (C=O) groups is 1. The van der Waals surface area contributed by atoms with Crippen molar-refractivity contribution in [3.63, 3.8) is 0 Å². The third-order valence-electron chi connectivity index (χ3n) is 5.34. The van der Waals surface area contributed by atoms with Gasteiger partial charge in [-0.2, -0.15) is 4.98 Å². The van der Waals surface area contributed by atoms with E-state index in [1.165, 1.54) is 0 Å². The van der Waals surface area contributed by atoms with E-state index in [1.807, 2.05) is 66.7 Å². The van der Waals surface area contributed by atoms with Crippen molar-refractivity contribution in [2.45, 2.75) is 6.04 Å². The van der Waals surface area contributed by atoms with Gasteiger partial charge in [-0.1, -0.05) is 65.0 Å². The molecule has 1 amide bonds. The van der Waals surface area contributed by atoms with Crippen LogP contribution in [0.4, 0.5) is 11.6 Å². The van der Waals surface area contributed by atoms with Crippen molar-refractivity contribution in [2.24, 2.45) is 5.92 Å². The summed E-state index contributed by atoms with van der Waals surface area (Å²) < 4.78 is 2.70. The van der Waals surface area contributed by atoms with Gasteiger partial charge in [0.05, 0.1) is 6.04 Å². The number of benzene rings is 2. The van der Waals surface area contributed by atoms with E-state index in [9.17, 15) is 4.79 Å². The quantitative estimate of drug-likeness (QED) is 0.449. The van der Waals surface area contributed by atoms with Crippen molar-refractivity contribution in [3.8, 4) is 11.4 Å². The largest absolute Gasteiger partial charge is 0.328 e. The average molecular weight is 488 g/mol. The molecule has 5 rings (SSSR count). The SMILES string of the molecule is C=C1Nc2nc(-c3ccccc3)nn2C(c2cccc(Br)c2)C1C(=O)Nc1ccc[nH+]c1. The lowest BCUT2D eigenvalue weighted by Crippen LogP contribution is -2.39. The summed E-state index contributed by atoms with van der Waals surface area (Å²) in [5, 5.41) is 11.0. The molecule has 2 aromatic carbocycles. The Kier molecular flexibility index (Phi) is 5.28. The molecule has 7 nitrogen and oxygen atoms in total. The molecule has 1 aliphatic heterocycles. The van der Waals surface area contributed by atoms with E-state index in [4.69, 9.17) is 5.10 Å². The van der Waals surface area contributed by atoms with E-state index in [0.29, 0.717) is 23.2 Å². The van der Waals surface area contributed by atoms with Gasteiger partial charge in [0.1, 0.15) is 11.6 Å². The molecule has 0 saturated carbocycles. The zero-order valence-electron chi connectivity index (χ0n) is 17.0. The molecule has 4 aromatic rings. The Morgan fingerprint density at radius 3 is 2.72 bits per heavy atom. The second kappa shape index (κ2) is 8.39. The van der Waals surface area contributed by atoms with E-state index in [0.717, 1.165) is 15.6 Å². The molecule has 2 unspecified atom stereocenters. The van der Waals surface area contributed by atoms with Crippen LogP contribution in [0.5, 0.6) is 0 Å². The fourth-order valence-electron chi connectivity index (χ4n) is 3.88. The summed E-state index contributed by atoms with van der Waals surface area (Å²) in [6.07, 6.45) is 3.52. The van der Waals surface area contributed by atoms with Gasteiger partial charge in [0.2, 0.25) is 11.9 Å². The molecule has 0 radical (unpaired) electrons. The first kappa shape index (κ1) is 20.1. The highest BCUT2D eigenvalue weighted by Crippen LogP contribution is 2.39. The monoisotopic (exact) mass is 487 g/mol. The number of nitrogens with one attached hydrogen (secondary N) is 3. The standard InChI is InChI=1S/C24H19BrN6O/c1-15-20(23(32)28-19-11-6-12-26-14-19)21(17-9-5-10-18(25)13-17)31-24(27-15)29-22(30-31)16-7-3-2-4-8-16/h2-14,20-21H,1H2,(H,28,32)(H,27,29,30)/p+1. The lowest BCUT2D eigenvalue weighted by Gasteiger charge is -2.33. The maximum absolute atomic E-state index is 13.4. The molecule has 2 aromatic heterocycles. The van der Waals surface area contributed by atoms with Crippen molar-refractivity contribution < 1.29 is 9.78 Å². The van der Waals surface area contributed by atoms with Crippen molar-refractivity contribution in [2.75, 3.05) is 10.6 Å². The highest BCUT2D eigenvalue weighted by Gasteiger charge is 2.40. The minimum Gasteiger partial charge on any atom is -0.328 e. The molecular weight excluding hydrogens is 468 g/mol. The fourth-order valence-corrected chi connectivity index (χ4v) is 4.30. The van der Waals surface area contributed by atoms with Crippen LogP contribution in [-0.2, 0) is 4.79 Å². The summed E-state index contributed by atoms with van der Waals surface area (Å²) in [6, 6.07) is 20.9. The molecule has 0 fully saturated rings. The van der Waals surface area contributed by atoms with Crippen LogP contribution in [0.25, 0.3) is 11.4 Å². The Morgan fingerprint density at radius 2 is 1.97 bits per heavy atom. The third-order valence-corrected chi connectivity index (χ3v) is 5.83. The predicted molar refractivity (Wildman–Crippen MR) is 126 cm³/mol. The molecule has 158 valence electrons. The zero-order chi connectivity index (χ0) is 22.1. The van der Waals surface area contributed by atoms with Crippen LogP contribution in [0.15, 0.2) is 95.9 Å². The lowest BCUT2D eigenvalue weighted by molar-refractivity contribution is -0.377. The summed E-state index contributed by atoms with van der Waals surface area (Å²) in [5.74, 6) is 0.340. The van der Waals surface area contributed by atoms with Gasteiger partial charge >= 0.3 is 0 Å². The first-order valence-corrected chi connectivity index (χ1v) is 10.9. The number of hydrogen-bond donors (Lipinski definition) is 2. The van der Waals surface area contributed by atoms with Crippen molar-refractivity contribution in [1.29, 1.82) is 0 Å². The Morgan fingerprint density at radius 1 is 1.12 bits per heavy atom. The first-order valence-electron chi connectivity index (χ1n) is 10.1. The first-order chi connectivity index (χ1) is 15.6. The fraction of sp³-hybridized carbons (Fsp3) is 0.0833. The van der Waals surface area contributed by atoms with Crippen LogP contribution in [0.1, 0.15) is 11.6 Å². The zero-order valence-corrected chi connectivity index (χ0v) is 18.6.